The summed E-state index contributed by atoms with van der Waals surface area (Å²) in [7, 11) is 1.80. The quantitative estimate of drug-likeness (QED) is 0.835. The average Bonchev–Trinajstić information content (AvgIpc) is 2.76. The van der Waals surface area contributed by atoms with Crippen molar-refractivity contribution in [3.63, 3.8) is 0 Å². The number of hydrogen-bond acceptors (Lipinski definition) is 3. The van der Waals surface area contributed by atoms with Crippen LogP contribution in [0.25, 0.3) is 0 Å². The fraction of sp³-hybridized carbons (Fsp3) is 0.231. The molecule has 0 atom stereocenters. The maximum atomic E-state index is 12.4. The van der Waals surface area contributed by atoms with Gasteiger partial charge >= 0.3 is 0 Å². The lowest BCUT2D eigenvalue weighted by molar-refractivity contribution is 0.0980. The zero-order chi connectivity index (χ0) is 13.1. The van der Waals surface area contributed by atoms with Crippen LogP contribution in [0.4, 0.5) is 11.4 Å². The minimum absolute atomic E-state index is 0.0805. The van der Waals surface area contributed by atoms with Gasteiger partial charge in [0.05, 0.1) is 12.5 Å². The Balaban J connectivity index is 2.35. The number of nitrogens with zero attached hydrogens (tertiary/aromatic N) is 3. The van der Waals surface area contributed by atoms with Crippen molar-refractivity contribution < 1.29 is 4.79 Å². The molecule has 1 heterocycles. The zero-order valence-corrected chi connectivity index (χ0v) is 10.5. The van der Waals surface area contributed by atoms with Gasteiger partial charge in [0.2, 0.25) is 0 Å². The number of hydrogen-bond donors (Lipinski definition) is 1. The molecule has 2 N–H and O–H groups in total. The van der Waals surface area contributed by atoms with Gasteiger partial charge in [0.15, 0.2) is 0 Å². The molecule has 0 saturated carbocycles. The Hall–Kier alpha value is -2.30. The number of nitrogens with two attached hydrogens (primary N) is 1. The molecule has 5 nitrogen and oxygen atoms in total. The van der Waals surface area contributed by atoms with E-state index in [4.69, 9.17) is 5.73 Å². The minimum atomic E-state index is -0.0805. The molecule has 94 valence electrons. The molecule has 5 heteroatoms. The van der Waals surface area contributed by atoms with E-state index >= 15 is 0 Å². The second-order valence-corrected chi connectivity index (χ2v) is 4.03. The third kappa shape index (κ3) is 2.20. The van der Waals surface area contributed by atoms with Gasteiger partial charge in [-0.15, -0.1) is 0 Å². The second kappa shape index (κ2) is 4.91. The van der Waals surface area contributed by atoms with Crippen molar-refractivity contribution in [2.45, 2.75) is 6.92 Å². The maximum Gasteiger partial charge on any atom is 0.276 e. The summed E-state index contributed by atoms with van der Waals surface area (Å²) in [4.78, 5) is 18.0. The minimum Gasteiger partial charge on any atom is -0.399 e. The van der Waals surface area contributed by atoms with Crippen molar-refractivity contribution in [2.24, 2.45) is 7.05 Å². The van der Waals surface area contributed by atoms with Crippen molar-refractivity contribution >= 4 is 17.3 Å². The SMILES string of the molecule is CCN(C(=O)c1cncn1C)c1cccc(N)c1. The molecule has 18 heavy (non-hydrogen) atoms. The van der Waals surface area contributed by atoms with Crippen LogP contribution in [-0.2, 0) is 7.05 Å². The summed E-state index contributed by atoms with van der Waals surface area (Å²) < 4.78 is 1.71. The molecule has 0 aliphatic carbocycles. The van der Waals surface area contributed by atoms with E-state index in [1.165, 1.54) is 0 Å². The number of rotatable bonds is 3. The molecule has 0 saturated heterocycles. The highest BCUT2D eigenvalue weighted by atomic mass is 16.2. The molecule has 0 unspecified atom stereocenters. The van der Waals surface area contributed by atoms with Gasteiger partial charge in [0.25, 0.3) is 5.91 Å². The molecular formula is C13H16N4O. The number of aryl methyl sites for hydroxylation is 1. The third-order valence-corrected chi connectivity index (χ3v) is 2.78. The van der Waals surface area contributed by atoms with E-state index in [1.54, 1.807) is 41.2 Å². The smallest absolute Gasteiger partial charge is 0.276 e. The zero-order valence-electron chi connectivity index (χ0n) is 10.5. The molecule has 0 aliphatic rings. The van der Waals surface area contributed by atoms with Gasteiger partial charge in [-0.1, -0.05) is 6.07 Å². The van der Waals surface area contributed by atoms with Gasteiger partial charge in [-0.3, -0.25) is 4.79 Å². The summed E-state index contributed by atoms with van der Waals surface area (Å²) in [5.41, 5.74) is 7.74. The van der Waals surface area contributed by atoms with Crippen LogP contribution in [0.5, 0.6) is 0 Å². The Labute approximate surface area is 106 Å². The predicted molar refractivity (Wildman–Crippen MR) is 71.4 cm³/mol. The van der Waals surface area contributed by atoms with Gasteiger partial charge in [-0.2, -0.15) is 0 Å². The first-order chi connectivity index (χ1) is 8.63. The lowest BCUT2D eigenvalue weighted by Crippen LogP contribution is -2.31. The molecule has 1 aromatic carbocycles. The molecule has 2 rings (SSSR count). The van der Waals surface area contributed by atoms with Crippen LogP contribution in [0, 0.1) is 0 Å². The monoisotopic (exact) mass is 244 g/mol. The van der Waals surface area contributed by atoms with E-state index in [0.717, 1.165) is 5.69 Å². The van der Waals surface area contributed by atoms with Crippen LogP contribution in [-0.4, -0.2) is 22.0 Å². The van der Waals surface area contributed by atoms with Crippen molar-refractivity contribution in [3.8, 4) is 0 Å². The largest absolute Gasteiger partial charge is 0.399 e. The molecule has 0 radical (unpaired) electrons. The van der Waals surface area contributed by atoms with Crippen LogP contribution in [0.1, 0.15) is 17.4 Å². The highest BCUT2D eigenvalue weighted by molar-refractivity contribution is 6.05. The first kappa shape index (κ1) is 12.2. The third-order valence-electron chi connectivity index (χ3n) is 2.78. The standard InChI is InChI=1S/C13H16N4O/c1-3-17(11-6-4-5-10(14)7-11)13(18)12-8-15-9-16(12)2/h4-9H,3,14H2,1-2H3. The molecule has 0 bridgehead atoms. The Morgan fingerprint density at radius 2 is 2.28 bits per heavy atom. The van der Waals surface area contributed by atoms with E-state index in [2.05, 4.69) is 4.98 Å². The molecule has 1 amide bonds. The molecule has 0 fully saturated rings. The lowest BCUT2D eigenvalue weighted by Gasteiger charge is -2.21. The Morgan fingerprint density at radius 3 is 2.83 bits per heavy atom. The van der Waals surface area contributed by atoms with Crippen LogP contribution < -0.4 is 10.6 Å². The molecule has 2 aromatic rings. The van der Waals surface area contributed by atoms with Gasteiger partial charge in [-0.25, -0.2) is 4.98 Å². The highest BCUT2D eigenvalue weighted by Gasteiger charge is 2.18. The van der Waals surface area contributed by atoms with Crippen LogP contribution in [0.15, 0.2) is 36.8 Å². The summed E-state index contributed by atoms with van der Waals surface area (Å²) in [6.07, 6.45) is 3.18. The van der Waals surface area contributed by atoms with E-state index in [-0.39, 0.29) is 5.91 Å². The Bertz CT molecular complexity index is 562. The molecule has 1 aromatic heterocycles. The fourth-order valence-electron chi connectivity index (χ4n) is 1.84. The van der Waals surface area contributed by atoms with Gasteiger partial charge in [-0.05, 0) is 25.1 Å². The van der Waals surface area contributed by atoms with E-state index in [9.17, 15) is 4.79 Å². The molecular weight excluding hydrogens is 228 g/mol. The highest BCUT2D eigenvalue weighted by Crippen LogP contribution is 2.19. The second-order valence-electron chi connectivity index (χ2n) is 4.03. The van der Waals surface area contributed by atoms with Gasteiger partial charge < -0.3 is 15.2 Å². The fourth-order valence-corrected chi connectivity index (χ4v) is 1.84. The number of benzene rings is 1. The number of amides is 1. The predicted octanol–water partition coefficient (Wildman–Crippen LogP) is 1.67. The maximum absolute atomic E-state index is 12.4. The van der Waals surface area contributed by atoms with Gasteiger partial charge in [0, 0.05) is 25.0 Å². The van der Waals surface area contributed by atoms with Gasteiger partial charge in [0.1, 0.15) is 5.69 Å². The number of nitrogen functional groups attached to an aromatic ring is 1. The Kier molecular flexibility index (Phi) is 3.32. The summed E-state index contributed by atoms with van der Waals surface area (Å²) in [6.45, 7) is 2.50. The van der Waals surface area contributed by atoms with Crippen molar-refractivity contribution in [2.75, 3.05) is 17.2 Å². The first-order valence-electron chi connectivity index (χ1n) is 5.77. The van der Waals surface area contributed by atoms with Crippen LogP contribution >= 0.6 is 0 Å². The summed E-state index contributed by atoms with van der Waals surface area (Å²) >= 11 is 0. The number of anilines is 2. The summed E-state index contributed by atoms with van der Waals surface area (Å²) in [5, 5.41) is 0. The number of carbonyl (C=O) groups is 1. The first-order valence-corrected chi connectivity index (χ1v) is 5.77. The van der Waals surface area contributed by atoms with Crippen LogP contribution in [0.3, 0.4) is 0 Å². The molecule has 0 spiro atoms. The van der Waals surface area contributed by atoms with Crippen molar-refractivity contribution in [3.05, 3.63) is 42.5 Å². The number of imidazole rings is 1. The van der Waals surface area contributed by atoms with E-state index < -0.39 is 0 Å². The Morgan fingerprint density at radius 1 is 1.50 bits per heavy atom. The number of carbonyl (C=O) groups excluding carboxylic acids is 1. The summed E-state index contributed by atoms with van der Waals surface area (Å²) in [6, 6.07) is 7.29. The number of aromatic nitrogens is 2. The van der Waals surface area contributed by atoms with E-state index in [1.807, 2.05) is 19.1 Å². The van der Waals surface area contributed by atoms with E-state index in [0.29, 0.717) is 17.9 Å². The topological polar surface area (TPSA) is 64.2 Å². The summed E-state index contributed by atoms with van der Waals surface area (Å²) in [5.74, 6) is -0.0805. The normalized spacial score (nSPS) is 10.3. The van der Waals surface area contributed by atoms with Crippen molar-refractivity contribution in [1.29, 1.82) is 0 Å². The van der Waals surface area contributed by atoms with Crippen molar-refractivity contribution in [1.82, 2.24) is 9.55 Å². The lowest BCUT2D eigenvalue weighted by atomic mass is 10.2. The average molecular weight is 244 g/mol. The molecule has 0 aliphatic heterocycles. The van der Waals surface area contributed by atoms with Crippen LogP contribution in [0.2, 0.25) is 0 Å².